The molecule has 0 saturated heterocycles. The molecule has 1 aliphatic heterocycles. The van der Waals surface area contributed by atoms with E-state index < -0.39 is 0 Å². The number of anilines is 4. The third-order valence-corrected chi connectivity index (χ3v) is 12.3. The lowest BCUT2D eigenvalue weighted by atomic mass is 9.74. The molecule has 3 atom stereocenters. The van der Waals surface area contributed by atoms with Crippen molar-refractivity contribution in [3.05, 3.63) is 204 Å². The molecule has 0 N–H and O–H groups in total. The number of nitrogens with zero attached hydrogens (tertiary/aromatic N) is 2. The summed E-state index contributed by atoms with van der Waals surface area (Å²) in [5.74, 6) is 0.747. The molecule has 5 aromatic carbocycles. The normalized spacial score (nSPS) is 21.6. The molecular weight excluding hydrogens is 641 g/mol. The molecule has 0 bridgehead atoms. The van der Waals surface area contributed by atoms with Gasteiger partial charge in [-0.3, -0.25) is 0 Å². The van der Waals surface area contributed by atoms with Crippen LogP contribution in [0.15, 0.2) is 182 Å². The SMILES string of the molecule is CC1(C)c2ccccc2C2=CC=C(N(c3ccc(-c4ccc5c(c4)C4C=CC=CC4N5c4ccccc4)cc3)c3cccc(C4=CCCC=C4)c3)CC21. The van der Waals surface area contributed by atoms with Crippen LogP contribution in [0.4, 0.5) is 22.7 Å². The molecular formula is C51H44N2. The van der Waals surface area contributed by atoms with Gasteiger partial charge in [-0.25, -0.2) is 0 Å². The molecule has 0 saturated carbocycles. The number of rotatable bonds is 6. The number of hydrogen-bond donors (Lipinski definition) is 0. The van der Waals surface area contributed by atoms with Crippen LogP contribution in [-0.4, -0.2) is 6.04 Å². The molecule has 0 aromatic heterocycles. The summed E-state index contributed by atoms with van der Waals surface area (Å²) in [5, 5.41) is 0. The standard InChI is InChI=1S/C51H44N2/c1-51(2)47-22-11-9-20-43(47)44-30-29-42(34-48(44)51)52(41-19-13-16-37(32-41)35-14-5-3-6-15-35)40-27-24-36(25-28-40)38-26-31-50-46(33-38)45-21-10-12-23-49(45)53(50)39-17-7-4-8-18-39/h4-5,7-33,45,48-49H,3,6,34H2,1-2H3. The Morgan fingerprint density at radius 3 is 2.34 bits per heavy atom. The average Bonchev–Trinajstić information content (AvgIpc) is 3.67. The van der Waals surface area contributed by atoms with Gasteiger partial charge >= 0.3 is 0 Å². The van der Waals surface area contributed by atoms with Gasteiger partial charge in [-0.1, -0.05) is 135 Å². The first-order chi connectivity index (χ1) is 26.0. The highest BCUT2D eigenvalue weighted by atomic mass is 15.2. The predicted octanol–water partition coefficient (Wildman–Crippen LogP) is 13.2. The first-order valence-electron chi connectivity index (χ1n) is 19.3. The van der Waals surface area contributed by atoms with Gasteiger partial charge in [0.15, 0.2) is 0 Å². The maximum Gasteiger partial charge on any atom is 0.0629 e. The van der Waals surface area contributed by atoms with Crippen LogP contribution in [0, 0.1) is 5.92 Å². The molecule has 53 heavy (non-hydrogen) atoms. The van der Waals surface area contributed by atoms with Gasteiger partial charge in [-0.05, 0) is 130 Å². The fourth-order valence-corrected chi connectivity index (χ4v) is 9.61. The van der Waals surface area contributed by atoms with Gasteiger partial charge in [-0.2, -0.15) is 0 Å². The lowest BCUT2D eigenvalue weighted by Crippen LogP contribution is -2.28. The molecule has 0 radical (unpaired) electrons. The van der Waals surface area contributed by atoms with Crippen molar-refractivity contribution in [2.75, 3.05) is 9.80 Å². The van der Waals surface area contributed by atoms with E-state index in [1.54, 1.807) is 0 Å². The smallest absolute Gasteiger partial charge is 0.0629 e. The summed E-state index contributed by atoms with van der Waals surface area (Å²) in [7, 11) is 0. The molecule has 2 nitrogen and oxygen atoms in total. The predicted molar refractivity (Wildman–Crippen MR) is 224 cm³/mol. The third-order valence-electron chi connectivity index (χ3n) is 12.3. The minimum atomic E-state index is 0.0585. The molecule has 0 spiro atoms. The van der Waals surface area contributed by atoms with Crippen molar-refractivity contribution in [3.63, 3.8) is 0 Å². The summed E-state index contributed by atoms with van der Waals surface area (Å²) in [4.78, 5) is 5.01. The van der Waals surface area contributed by atoms with Crippen molar-refractivity contribution in [2.24, 2.45) is 5.92 Å². The van der Waals surface area contributed by atoms with Crippen LogP contribution in [-0.2, 0) is 5.41 Å². The quantitative estimate of drug-likeness (QED) is 0.176. The number of hydrogen-bond acceptors (Lipinski definition) is 2. The van der Waals surface area contributed by atoms with Crippen LogP contribution >= 0.6 is 0 Å². The Morgan fingerprint density at radius 1 is 0.679 bits per heavy atom. The van der Waals surface area contributed by atoms with Crippen molar-refractivity contribution in [2.45, 2.75) is 50.5 Å². The van der Waals surface area contributed by atoms with E-state index in [-0.39, 0.29) is 11.5 Å². The van der Waals surface area contributed by atoms with E-state index in [0.29, 0.717) is 11.8 Å². The van der Waals surface area contributed by atoms with Crippen molar-refractivity contribution < 1.29 is 0 Å². The Labute approximate surface area is 314 Å². The van der Waals surface area contributed by atoms with Gasteiger partial charge in [0.05, 0.1) is 6.04 Å². The molecule has 0 amide bonds. The Morgan fingerprint density at radius 2 is 1.49 bits per heavy atom. The average molecular weight is 685 g/mol. The maximum absolute atomic E-state index is 2.51. The van der Waals surface area contributed by atoms with E-state index in [1.807, 2.05) is 0 Å². The van der Waals surface area contributed by atoms with E-state index in [2.05, 4.69) is 200 Å². The number of fused-ring (bicyclic) bond motifs is 6. The lowest BCUT2D eigenvalue weighted by Gasteiger charge is -2.36. The topological polar surface area (TPSA) is 6.48 Å². The number of para-hydroxylation sites is 1. The van der Waals surface area contributed by atoms with E-state index >= 15 is 0 Å². The molecule has 5 aromatic rings. The summed E-state index contributed by atoms with van der Waals surface area (Å²) >= 11 is 0. The highest BCUT2D eigenvalue weighted by Crippen LogP contribution is 2.55. The fraction of sp³-hybridized carbons (Fsp3) is 0.176. The Kier molecular flexibility index (Phi) is 7.61. The monoisotopic (exact) mass is 684 g/mol. The molecule has 5 aliphatic rings. The molecule has 4 aliphatic carbocycles. The van der Waals surface area contributed by atoms with E-state index in [1.165, 1.54) is 73.0 Å². The van der Waals surface area contributed by atoms with E-state index in [4.69, 9.17) is 0 Å². The van der Waals surface area contributed by atoms with E-state index in [0.717, 1.165) is 19.3 Å². The summed E-state index contributed by atoms with van der Waals surface area (Å²) in [6.07, 6.45) is 24.1. The van der Waals surface area contributed by atoms with Crippen molar-refractivity contribution >= 4 is 33.9 Å². The van der Waals surface area contributed by atoms with Crippen LogP contribution in [0.25, 0.3) is 22.3 Å². The minimum Gasteiger partial charge on any atom is -0.333 e. The minimum absolute atomic E-state index is 0.0585. The first kappa shape index (κ1) is 31.8. The zero-order chi connectivity index (χ0) is 35.5. The second kappa shape index (κ2) is 12.7. The van der Waals surface area contributed by atoms with Crippen LogP contribution in [0.3, 0.4) is 0 Å². The fourth-order valence-electron chi connectivity index (χ4n) is 9.61. The van der Waals surface area contributed by atoms with Gasteiger partial charge in [0.1, 0.15) is 0 Å². The summed E-state index contributed by atoms with van der Waals surface area (Å²) in [6.45, 7) is 4.86. The molecule has 0 fully saturated rings. The van der Waals surface area contributed by atoms with E-state index in [9.17, 15) is 0 Å². The largest absolute Gasteiger partial charge is 0.333 e. The van der Waals surface area contributed by atoms with Crippen molar-refractivity contribution in [3.8, 4) is 11.1 Å². The van der Waals surface area contributed by atoms with Crippen molar-refractivity contribution in [1.82, 2.24) is 0 Å². The molecule has 10 rings (SSSR count). The van der Waals surface area contributed by atoms with Gasteiger partial charge in [-0.15, -0.1) is 0 Å². The van der Waals surface area contributed by atoms with Crippen LogP contribution in [0.1, 0.15) is 61.3 Å². The molecule has 258 valence electrons. The zero-order valence-electron chi connectivity index (χ0n) is 30.5. The number of allylic oxidation sites excluding steroid dienone is 10. The second-order valence-corrected chi connectivity index (χ2v) is 15.6. The Balaban J connectivity index is 1.03. The maximum atomic E-state index is 2.51. The lowest BCUT2D eigenvalue weighted by molar-refractivity contribution is 0.406. The highest BCUT2D eigenvalue weighted by molar-refractivity contribution is 5.84. The van der Waals surface area contributed by atoms with Gasteiger partial charge in [0.25, 0.3) is 0 Å². The van der Waals surface area contributed by atoms with Crippen LogP contribution in [0.2, 0.25) is 0 Å². The van der Waals surface area contributed by atoms with Gasteiger partial charge < -0.3 is 9.80 Å². The van der Waals surface area contributed by atoms with Crippen LogP contribution in [0.5, 0.6) is 0 Å². The Bertz CT molecular complexity index is 2420. The first-order valence-corrected chi connectivity index (χ1v) is 19.3. The zero-order valence-corrected chi connectivity index (χ0v) is 30.5. The molecule has 1 heterocycles. The highest BCUT2D eigenvalue weighted by Gasteiger charge is 2.44. The van der Waals surface area contributed by atoms with Gasteiger partial charge in [0.2, 0.25) is 0 Å². The summed E-state index contributed by atoms with van der Waals surface area (Å²) in [6, 6.07) is 45.6. The third kappa shape index (κ3) is 5.31. The molecule has 2 heteroatoms. The van der Waals surface area contributed by atoms with Gasteiger partial charge in [0, 0.05) is 34.4 Å². The number of benzene rings is 5. The summed E-state index contributed by atoms with van der Waals surface area (Å²) < 4.78 is 0. The van der Waals surface area contributed by atoms with Crippen LogP contribution < -0.4 is 9.80 Å². The molecule has 3 unspecified atom stereocenters. The Hall–Kier alpha value is -5.86. The second-order valence-electron chi connectivity index (χ2n) is 15.6. The summed E-state index contributed by atoms with van der Waals surface area (Å²) in [5.41, 5.74) is 17.1. The van der Waals surface area contributed by atoms with Crippen molar-refractivity contribution in [1.29, 1.82) is 0 Å².